The first-order chi connectivity index (χ1) is 13.4. The summed E-state index contributed by atoms with van der Waals surface area (Å²) in [6, 6.07) is 6.90. The second-order valence-corrected chi connectivity index (χ2v) is 8.79. The topological polar surface area (TPSA) is 91.4 Å². The minimum absolute atomic E-state index is 0.0484. The van der Waals surface area contributed by atoms with Crippen LogP contribution in [0.4, 0.5) is 10.8 Å². The first-order valence-corrected chi connectivity index (χ1v) is 10.7. The van der Waals surface area contributed by atoms with Crippen LogP contribution in [0.25, 0.3) is 0 Å². The van der Waals surface area contributed by atoms with Crippen molar-refractivity contribution in [2.75, 3.05) is 17.2 Å². The molecule has 2 heterocycles. The number of thioether (sulfide) groups is 1. The van der Waals surface area contributed by atoms with E-state index in [1.165, 1.54) is 30.0 Å². The van der Waals surface area contributed by atoms with Gasteiger partial charge in [-0.15, -0.1) is 23.1 Å². The number of amides is 3. The van der Waals surface area contributed by atoms with Crippen LogP contribution in [-0.4, -0.2) is 45.4 Å². The first kappa shape index (κ1) is 20.3. The van der Waals surface area contributed by atoms with Gasteiger partial charge in [0.2, 0.25) is 17.7 Å². The number of aromatic nitrogens is 1. The standard InChI is InChI=1S/C19H22N4O3S2/c1-12(28-15-7-5-14(6-8-15)21-13(2)24)18(26)23-10-3-4-16(23)17(25)22-19-20-9-11-27-19/h5-9,11-12,16H,3-4,10H2,1-2H3,(H,21,24)(H,20,22,25). The third-order valence-electron chi connectivity index (χ3n) is 4.34. The molecule has 2 atom stereocenters. The summed E-state index contributed by atoms with van der Waals surface area (Å²) in [4.78, 5) is 43.3. The van der Waals surface area contributed by atoms with E-state index in [0.717, 1.165) is 11.3 Å². The zero-order valence-corrected chi connectivity index (χ0v) is 17.3. The van der Waals surface area contributed by atoms with Gasteiger partial charge in [-0.1, -0.05) is 0 Å². The Balaban J connectivity index is 1.60. The van der Waals surface area contributed by atoms with E-state index in [4.69, 9.17) is 0 Å². The van der Waals surface area contributed by atoms with Crippen LogP contribution in [0, 0.1) is 0 Å². The Hall–Kier alpha value is -2.39. The number of benzene rings is 1. The summed E-state index contributed by atoms with van der Waals surface area (Å²) in [5, 5.41) is 7.53. The molecule has 3 rings (SSSR count). The molecule has 1 aliphatic heterocycles. The van der Waals surface area contributed by atoms with Crippen LogP contribution >= 0.6 is 23.1 Å². The summed E-state index contributed by atoms with van der Waals surface area (Å²) < 4.78 is 0. The summed E-state index contributed by atoms with van der Waals surface area (Å²) >= 11 is 2.79. The molecule has 0 saturated carbocycles. The predicted molar refractivity (Wildman–Crippen MR) is 112 cm³/mol. The van der Waals surface area contributed by atoms with Gasteiger partial charge in [0.1, 0.15) is 6.04 Å². The number of carbonyl (C=O) groups excluding carboxylic acids is 3. The molecular weight excluding hydrogens is 396 g/mol. The summed E-state index contributed by atoms with van der Waals surface area (Å²) in [6.45, 7) is 3.89. The molecule has 1 aromatic heterocycles. The molecule has 2 N–H and O–H groups in total. The van der Waals surface area contributed by atoms with E-state index in [1.807, 2.05) is 19.1 Å². The van der Waals surface area contributed by atoms with Gasteiger partial charge in [0, 0.05) is 35.6 Å². The highest BCUT2D eigenvalue weighted by atomic mass is 32.2. The molecule has 1 saturated heterocycles. The van der Waals surface area contributed by atoms with Gasteiger partial charge in [0.05, 0.1) is 5.25 Å². The highest BCUT2D eigenvalue weighted by Crippen LogP contribution is 2.29. The van der Waals surface area contributed by atoms with Gasteiger partial charge in [0.15, 0.2) is 5.13 Å². The molecule has 1 aromatic carbocycles. The van der Waals surface area contributed by atoms with Crippen molar-refractivity contribution in [2.45, 2.75) is 42.9 Å². The molecule has 7 nitrogen and oxygen atoms in total. The third-order valence-corrected chi connectivity index (χ3v) is 6.12. The van der Waals surface area contributed by atoms with E-state index < -0.39 is 6.04 Å². The lowest BCUT2D eigenvalue weighted by atomic mass is 10.2. The fourth-order valence-electron chi connectivity index (χ4n) is 3.09. The quantitative estimate of drug-likeness (QED) is 0.703. The van der Waals surface area contributed by atoms with Gasteiger partial charge in [-0.05, 0) is 44.0 Å². The van der Waals surface area contributed by atoms with Crippen molar-refractivity contribution in [3.05, 3.63) is 35.8 Å². The zero-order chi connectivity index (χ0) is 20.1. The fourth-order valence-corrected chi connectivity index (χ4v) is 4.55. The van der Waals surface area contributed by atoms with Crippen LogP contribution in [-0.2, 0) is 14.4 Å². The largest absolute Gasteiger partial charge is 0.330 e. The van der Waals surface area contributed by atoms with Crippen LogP contribution in [0.2, 0.25) is 0 Å². The lowest BCUT2D eigenvalue weighted by Gasteiger charge is -2.26. The molecule has 0 radical (unpaired) electrons. The molecule has 9 heteroatoms. The Kier molecular flexibility index (Phi) is 6.69. The van der Waals surface area contributed by atoms with Gasteiger partial charge in [-0.25, -0.2) is 4.98 Å². The highest BCUT2D eigenvalue weighted by Gasteiger charge is 2.36. The van der Waals surface area contributed by atoms with E-state index in [0.29, 0.717) is 23.8 Å². The average Bonchev–Trinajstić information content (AvgIpc) is 3.33. The number of anilines is 2. The molecule has 0 spiro atoms. The fraction of sp³-hybridized carbons (Fsp3) is 0.368. The van der Waals surface area contributed by atoms with Crippen molar-refractivity contribution < 1.29 is 14.4 Å². The molecule has 1 aliphatic rings. The maximum absolute atomic E-state index is 12.9. The van der Waals surface area contributed by atoms with Crippen LogP contribution in [0.5, 0.6) is 0 Å². The van der Waals surface area contributed by atoms with Crippen molar-refractivity contribution in [3.8, 4) is 0 Å². The molecule has 0 bridgehead atoms. The molecule has 148 valence electrons. The van der Waals surface area contributed by atoms with Crippen molar-refractivity contribution in [3.63, 3.8) is 0 Å². The van der Waals surface area contributed by atoms with Crippen LogP contribution in [0.3, 0.4) is 0 Å². The molecule has 28 heavy (non-hydrogen) atoms. The predicted octanol–water partition coefficient (Wildman–Crippen LogP) is 3.21. The maximum Gasteiger partial charge on any atom is 0.248 e. The normalized spacial score (nSPS) is 17.2. The lowest BCUT2D eigenvalue weighted by molar-refractivity contribution is -0.135. The summed E-state index contributed by atoms with van der Waals surface area (Å²) in [5.41, 5.74) is 0.717. The molecule has 2 aromatic rings. The van der Waals surface area contributed by atoms with E-state index in [2.05, 4.69) is 15.6 Å². The number of likely N-dealkylation sites (tertiary alicyclic amines) is 1. The summed E-state index contributed by atoms with van der Waals surface area (Å²) in [7, 11) is 0. The minimum atomic E-state index is -0.457. The van der Waals surface area contributed by atoms with Gasteiger partial charge in [-0.2, -0.15) is 0 Å². The van der Waals surface area contributed by atoms with Gasteiger partial charge < -0.3 is 15.5 Å². The molecule has 1 fully saturated rings. The van der Waals surface area contributed by atoms with Gasteiger partial charge >= 0.3 is 0 Å². The van der Waals surface area contributed by atoms with E-state index >= 15 is 0 Å². The SMILES string of the molecule is CC(=O)Nc1ccc(SC(C)C(=O)N2CCCC2C(=O)Nc2nccs2)cc1. The molecular formula is C19H22N4O3S2. The van der Waals surface area contributed by atoms with Gasteiger partial charge in [-0.3, -0.25) is 14.4 Å². The van der Waals surface area contributed by atoms with Crippen LogP contribution in [0.15, 0.2) is 40.7 Å². The number of hydrogen-bond donors (Lipinski definition) is 2. The Bertz CT molecular complexity index is 839. The van der Waals surface area contributed by atoms with Crippen LogP contribution < -0.4 is 10.6 Å². The number of nitrogens with one attached hydrogen (secondary N) is 2. The average molecular weight is 419 g/mol. The lowest BCUT2D eigenvalue weighted by Crippen LogP contribution is -2.46. The Morgan fingerprint density at radius 1 is 1.25 bits per heavy atom. The van der Waals surface area contributed by atoms with E-state index in [-0.39, 0.29) is 23.0 Å². The smallest absolute Gasteiger partial charge is 0.248 e. The molecule has 2 unspecified atom stereocenters. The Morgan fingerprint density at radius 3 is 2.64 bits per heavy atom. The molecule has 0 aliphatic carbocycles. The first-order valence-electron chi connectivity index (χ1n) is 8.99. The number of hydrogen-bond acceptors (Lipinski definition) is 6. The molecule has 3 amide bonds. The van der Waals surface area contributed by atoms with Crippen LogP contribution in [0.1, 0.15) is 26.7 Å². The highest BCUT2D eigenvalue weighted by molar-refractivity contribution is 8.00. The van der Waals surface area contributed by atoms with E-state index in [9.17, 15) is 14.4 Å². The Morgan fingerprint density at radius 2 is 2.00 bits per heavy atom. The number of rotatable bonds is 6. The summed E-state index contributed by atoms with van der Waals surface area (Å²) in [6.07, 6.45) is 3.10. The number of thiazole rings is 1. The van der Waals surface area contributed by atoms with Gasteiger partial charge in [0.25, 0.3) is 0 Å². The minimum Gasteiger partial charge on any atom is -0.330 e. The van der Waals surface area contributed by atoms with E-state index in [1.54, 1.807) is 28.6 Å². The van der Waals surface area contributed by atoms with Crippen molar-refractivity contribution in [1.82, 2.24) is 9.88 Å². The Labute approximate surface area is 171 Å². The monoisotopic (exact) mass is 418 g/mol. The zero-order valence-electron chi connectivity index (χ0n) is 15.7. The third kappa shape index (κ3) is 5.11. The summed E-state index contributed by atoms with van der Waals surface area (Å²) in [5.74, 6) is -0.356. The second-order valence-electron chi connectivity index (χ2n) is 6.48. The van der Waals surface area contributed by atoms with Crippen molar-refractivity contribution in [2.24, 2.45) is 0 Å². The van der Waals surface area contributed by atoms with Crippen molar-refractivity contribution in [1.29, 1.82) is 0 Å². The number of carbonyl (C=O) groups is 3. The number of nitrogens with zero attached hydrogens (tertiary/aromatic N) is 2. The maximum atomic E-state index is 12.9. The second kappa shape index (κ2) is 9.20. The van der Waals surface area contributed by atoms with Crippen molar-refractivity contribution >= 4 is 51.6 Å².